The third-order valence-electron chi connectivity index (χ3n) is 8.38. The first kappa shape index (κ1) is 21.5. The van der Waals surface area contributed by atoms with Crippen LogP contribution >= 0.6 is 0 Å². The number of benzene rings is 3. The van der Waals surface area contributed by atoms with Crippen LogP contribution in [0, 0.1) is 11.8 Å². The van der Waals surface area contributed by atoms with E-state index in [9.17, 15) is 4.79 Å². The van der Waals surface area contributed by atoms with Crippen LogP contribution in [0.5, 0.6) is 5.75 Å². The number of nitrogens with zero attached hydrogens (tertiary/aromatic N) is 2. The molecular formula is C31H28N2O3. The molecule has 7 rings (SSSR count). The Morgan fingerprint density at radius 1 is 0.944 bits per heavy atom. The van der Waals surface area contributed by atoms with Crippen LogP contribution in [0.25, 0.3) is 32.8 Å². The first-order valence-corrected chi connectivity index (χ1v) is 12.8. The second-order valence-electron chi connectivity index (χ2n) is 11.1. The van der Waals surface area contributed by atoms with Crippen LogP contribution in [0.4, 0.5) is 0 Å². The van der Waals surface area contributed by atoms with Crippen molar-refractivity contribution in [3.63, 3.8) is 0 Å². The maximum absolute atomic E-state index is 13.0. The van der Waals surface area contributed by atoms with E-state index in [2.05, 4.69) is 39.0 Å². The fourth-order valence-corrected chi connectivity index (χ4v) is 6.60. The van der Waals surface area contributed by atoms with Gasteiger partial charge in [-0.05, 0) is 62.8 Å². The average Bonchev–Trinajstić information content (AvgIpc) is 3.42. The van der Waals surface area contributed by atoms with E-state index < -0.39 is 0 Å². The molecule has 5 aromatic rings. The smallest absolute Gasteiger partial charge is 0.196 e. The summed E-state index contributed by atoms with van der Waals surface area (Å²) >= 11 is 0. The third-order valence-corrected chi connectivity index (χ3v) is 8.38. The molecular weight excluding hydrogens is 448 g/mol. The molecule has 0 radical (unpaired) electrons. The van der Waals surface area contributed by atoms with E-state index >= 15 is 0 Å². The first-order chi connectivity index (χ1) is 17.4. The molecule has 1 fully saturated rings. The summed E-state index contributed by atoms with van der Waals surface area (Å²) < 4.78 is 12.0. The minimum absolute atomic E-state index is 0.0839. The molecule has 0 N–H and O–H groups in total. The maximum Gasteiger partial charge on any atom is 0.196 e. The summed E-state index contributed by atoms with van der Waals surface area (Å²) in [5, 5.41) is 2.16. The molecule has 3 atom stereocenters. The van der Waals surface area contributed by atoms with Crippen LogP contribution in [0.15, 0.2) is 65.5 Å². The molecule has 3 aromatic carbocycles. The van der Waals surface area contributed by atoms with Crippen molar-refractivity contribution in [1.82, 2.24) is 9.97 Å². The van der Waals surface area contributed by atoms with Crippen molar-refractivity contribution in [2.24, 2.45) is 11.8 Å². The van der Waals surface area contributed by atoms with Gasteiger partial charge in [0.1, 0.15) is 17.6 Å². The number of carbonyl (C=O) groups is 1. The normalized spacial score (nSPS) is 22.8. The van der Waals surface area contributed by atoms with Gasteiger partial charge in [-0.15, -0.1) is 0 Å². The molecule has 1 aliphatic heterocycles. The number of ketones is 1. The minimum Gasteiger partial charge on any atom is -0.487 e. The zero-order valence-electron chi connectivity index (χ0n) is 20.7. The molecule has 0 spiro atoms. The second kappa shape index (κ2) is 7.63. The van der Waals surface area contributed by atoms with Crippen molar-refractivity contribution < 1.29 is 13.9 Å². The van der Waals surface area contributed by atoms with Gasteiger partial charge in [0.25, 0.3) is 0 Å². The highest BCUT2D eigenvalue weighted by Gasteiger charge is 2.47. The van der Waals surface area contributed by atoms with E-state index in [-0.39, 0.29) is 11.4 Å². The van der Waals surface area contributed by atoms with Gasteiger partial charge in [-0.3, -0.25) is 4.79 Å². The average molecular weight is 477 g/mol. The van der Waals surface area contributed by atoms with Crippen LogP contribution in [0.3, 0.4) is 0 Å². The highest BCUT2D eigenvalue weighted by Crippen LogP contribution is 2.56. The molecule has 2 aliphatic rings. The van der Waals surface area contributed by atoms with E-state index in [1.165, 1.54) is 24.5 Å². The van der Waals surface area contributed by atoms with E-state index in [0.29, 0.717) is 28.9 Å². The number of hydrogen-bond donors (Lipinski definition) is 0. The Bertz CT molecular complexity index is 1670. The van der Waals surface area contributed by atoms with E-state index in [4.69, 9.17) is 19.1 Å². The van der Waals surface area contributed by atoms with Gasteiger partial charge in [0.2, 0.25) is 0 Å². The summed E-state index contributed by atoms with van der Waals surface area (Å²) in [5.41, 5.74) is 5.37. The molecule has 180 valence electrons. The Labute approximate surface area is 209 Å². The number of aromatic nitrogens is 2. The van der Waals surface area contributed by atoms with Gasteiger partial charge in [-0.1, -0.05) is 37.6 Å². The lowest BCUT2D eigenvalue weighted by Crippen LogP contribution is -2.46. The van der Waals surface area contributed by atoms with Crippen molar-refractivity contribution in [3.05, 3.63) is 77.7 Å². The number of hydrogen-bond acceptors (Lipinski definition) is 5. The Balaban J connectivity index is 1.53. The minimum atomic E-state index is -0.247. The molecule has 3 unspecified atom stereocenters. The molecule has 0 saturated heterocycles. The number of carbonyl (C=O) groups excluding carboxylic acids is 1. The lowest BCUT2D eigenvalue weighted by Gasteiger charge is -2.49. The monoisotopic (exact) mass is 476 g/mol. The van der Waals surface area contributed by atoms with Gasteiger partial charge in [-0.25, -0.2) is 9.97 Å². The second-order valence-corrected chi connectivity index (χ2v) is 11.1. The Hall–Kier alpha value is -3.73. The van der Waals surface area contributed by atoms with Crippen LogP contribution in [0.1, 0.15) is 67.4 Å². The van der Waals surface area contributed by atoms with Crippen LogP contribution in [-0.2, 0) is 0 Å². The lowest BCUT2D eigenvalue weighted by atomic mass is 9.64. The fraction of sp³-hybridized carbons (Fsp3) is 0.323. The highest BCUT2D eigenvalue weighted by atomic mass is 16.5. The molecule has 1 aliphatic carbocycles. The molecule has 5 heteroatoms. The van der Waals surface area contributed by atoms with Crippen LogP contribution in [0.2, 0.25) is 0 Å². The zero-order chi connectivity index (χ0) is 24.6. The molecule has 36 heavy (non-hydrogen) atoms. The third kappa shape index (κ3) is 3.11. The summed E-state index contributed by atoms with van der Waals surface area (Å²) in [6, 6.07) is 15.6. The molecule has 0 amide bonds. The van der Waals surface area contributed by atoms with Gasteiger partial charge >= 0.3 is 0 Å². The summed E-state index contributed by atoms with van der Waals surface area (Å²) in [5.74, 6) is 2.32. The molecule has 5 nitrogen and oxygen atoms in total. The summed E-state index contributed by atoms with van der Waals surface area (Å²) in [6.07, 6.45) is 6.49. The maximum atomic E-state index is 13.0. The largest absolute Gasteiger partial charge is 0.487 e. The summed E-state index contributed by atoms with van der Waals surface area (Å²) in [4.78, 5) is 23.3. The number of ether oxygens (including phenoxy) is 1. The molecule has 3 heterocycles. The van der Waals surface area contributed by atoms with Crippen molar-refractivity contribution in [3.8, 4) is 5.75 Å². The Morgan fingerprint density at radius 2 is 1.75 bits per heavy atom. The standard InChI is InChI=1S/C31H28N2O3/c1-17-8-10-23-22(14-17)26-28-27(20-6-4-5-7-21(20)30(26)36-31(23,2)3)32-24-11-9-18(15-25(24)33-28)29(34)19-12-13-35-16-19/h4-7,9,11-13,15-17,22-23H,8,10,14H2,1-3H3. The highest BCUT2D eigenvalue weighted by molar-refractivity contribution is 6.13. The molecule has 2 aromatic heterocycles. The number of rotatable bonds is 2. The van der Waals surface area contributed by atoms with Crippen molar-refractivity contribution in [2.45, 2.75) is 51.6 Å². The topological polar surface area (TPSA) is 65.2 Å². The Kier molecular flexibility index (Phi) is 4.57. The van der Waals surface area contributed by atoms with Gasteiger partial charge in [-0.2, -0.15) is 0 Å². The molecule has 0 bridgehead atoms. The summed E-state index contributed by atoms with van der Waals surface area (Å²) in [6.45, 7) is 6.83. The SMILES string of the molecule is CC1CCC2C(C1)c1c(c3ccccc3c3nc4ccc(C(=O)c5ccoc5)cc4nc13)OC2(C)C. The number of fused-ring (bicyclic) bond motifs is 9. The first-order valence-electron chi connectivity index (χ1n) is 12.8. The van der Waals surface area contributed by atoms with Gasteiger partial charge in [0.05, 0.1) is 33.9 Å². The number of furan rings is 1. The van der Waals surface area contributed by atoms with E-state index in [0.717, 1.165) is 51.4 Å². The van der Waals surface area contributed by atoms with Crippen LogP contribution in [-0.4, -0.2) is 21.4 Å². The van der Waals surface area contributed by atoms with Crippen molar-refractivity contribution in [2.75, 3.05) is 0 Å². The van der Waals surface area contributed by atoms with Crippen molar-refractivity contribution >= 4 is 38.6 Å². The van der Waals surface area contributed by atoms with E-state index in [1.54, 1.807) is 6.07 Å². The quantitative estimate of drug-likeness (QED) is 0.150. The van der Waals surface area contributed by atoms with Gasteiger partial charge in [0.15, 0.2) is 5.78 Å². The predicted octanol–water partition coefficient (Wildman–Crippen LogP) is 7.45. The lowest BCUT2D eigenvalue weighted by molar-refractivity contribution is -0.0115. The van der Waals surface area contributed by atoms with Gasteiger partial charge in [0, 0.05) is 27.8 Å². The predicted molar refractivity (Wildman–Crippen MR) is 141 cm³/mol. The summed E-state index contributed by atoms with van der Waals surface area (Å²) in [7, 11) is 0. The van der Waals surface area contributed by atoms with Gasteiger partial charge < -0.3 is 9.15 Å². The van der Waals surface area contributed by atoms with Crippen LogP contribution < -0.4 is 4.74 Å². The van der Waals surface area contributed by atoms with E-state index in [1.807, 2.05) is 24.3 Å². The van der Waals surface area contributed by atoms with Crippen molar-refractivity contribution in [1.29, 1.82) is 0 Å². The Morgan fingerprint density at radius 3 is 2.56 bits per heavy atom. The molecule has 1 saturated carbocycles. The fourth-order valence-electron chi connectivity index (χ4n) is 6.60. The zero-order valence-corrected chi connectivity index (χ0v) is 20.7.